The fourth-order valence-corrected chi connectivity index (χ4v) is 1.68. The summed E-state index contributed by atoms with van der Waals surface area (Å²) in [6, 6.07) is 0.412. The molecule has 1 amide bonds. The lowest BCUT2D eigenvalue weighted by molar-refractivity contribution is -0.127. The van der Waals surface area contributed by atoms with E-state index in [1.807, 2.05) is 0 Å². The van der Waals surface area contributed by atoms with Crippen molar-refractivity contribution < 1.29 is 4.79 Å². The SMILES string of the molecule is CCN(CC)CCCC(C)NCC(=O)N(C)C. The van der Waals surface area contributed by atoms with Crippen LogP contribution in [0.15, 0.2) is 0 Å². The van der Waals surface area contributed by atoms with Gasteiger partial charge in [0.25, 0.3) is 0 Å². The minimum absolute atomic E-state index is 0.139. The molecule has 1 N–H and O–H groups in total. The van der Waals surface area contributed by atoms with Crippen LogP contribution in [0.4, 0.5) is 0 Å². The van der Waals surface area contributed by atoms with Gasteiger partial charge in [0.2, 0.25) is 5.91 Å². The lowest BCUT2D eigenvalue weighted by Crippen LogP contribution is -2.37. The Balaban J connectivity index is 3.59. The second-order valence-electron chi connectivity index (χ2n) is 4.74. The van der Waals surface area contributed by atoms with E-state index in [0.717, 1.165) is 26.1 Å². The van der Waals surface area contributed by atoms with Crippen molar-refractivity contribution in [3.63, 3.8) is 0 Å². The molecule has 1 atom stereocenters. The number of carbonyl (C=O) groups is 1. The first kappa shape index (κ1) is 16.4. The lowest BCUT2D eigenvalue weighted by Gasteiger charge is -2.20. The van der Waals surface area contributed by atoms with E-state index in [9.17, 15) is 4.79 Å². The number of amides is 1. The Bertz CT molecular complexity index is 203. The molecule has 0 saturated heterocycles. The number of likely N-dealkylation sites (N-methyl/N-ethyl adjacent to an activating group) is 1. The number of rotatable bonds is 9. The monoisotopic (exact) mass is 243 g/mol. The summed E-state index contributed by atoms with van der Waals surface area (Å²) in [6.45, 7) is 10.4. The molecule has 102 valence electrons. The van der Waals surface area contributed by atoms with E-state index in [0.29, 0.717) is 12.6 Å². The second kappa shape index (κ2) is 9.42. The van der Waals surface area contributed by atoms with Crippen LogP contribution < -0.4 is 5.32 Å². The maximum Gasteiger partial charge on any atom is 0.236 e. The highest BCUT2D eigenvalue weighted by atomic mass is 16.2. The predicted octanol–water partition coefficient (Wildman–Crippen LogP) is 1.17. The molecule has 0 aromatic heterocycles. The summed E-state index contributed by atoms with van der Waals surface area (Å²) >= 11 is 0. The van der Waals surface area contributed by atoms with Gasteiger partial charge in [-0.3, -0.25) is 4.79 Å². The predicted molar refractivity (Wildman–Crippen MR) is 73.2 cm³/mol. The summed E-state index contributed by atoms with van der Waals surface area (Å²) in [5, 5.41) is 3.26. The quantitative estimate of drug-likeness (QED) is 0.660. The van der Waals surface area contributed by atoms with Crippen LogP contribution in [0, 0.1) is 0 Å². The maximum absolute atomic E-state index is 11.4. The highest BCUT2D eigenvalue weighted by Gasteiger charge is 2.07. The van der Waals surface area contributed by atoms with E-state index in [2.05, 4.69) is 31.0 Å². The molecule has 0 aliphatic heterocycles. The standard InChI is InChI=1S/C13H29N3O/c1-6-16(7-2)10-8-9-12(3)14-11-13(17)15(4)5/h12,14H,6-11H2,1-5H3. The Morgan fingerprint density at radius 2 is 1.82 bits per heavy atom. The van der Waals surface area contributed by atoms with Crippen molar-refractivity contribution >= 4 is 5.91 Å². The molecule has 1 unspecified atom stereocenters. The van der Waals surface area contributed by atoms with E-state index in [4.69, 9.17) is 0 Å². The average molecular weight is 243 g/mol. The van der Waals surface area contributed by atoms with Gasteiger partial charge in [-0.05, 0) is 39.4 Å². The molecule has 0 aromatic carbocycles. The number of nitrogens with zero attached hydrogens (tertiary/aromatic N) is 2. The van der Waals surface area contributed by atoms with E-state index < -0.39 is 0 Å². The number of carbonyl (C=O) groups excluding carboxylic acids is 1. The van der Waals surface area contributed by atoms with Crippen molar-refractivity contribution in [2.24, 2.45) is 0 Å². The molecule has 4 heteroatoms. The lowest BCUT2D eigenvalue weighted by atomic mass is 10.1. The van der Waals surface area contributed by atoms with E-state index in [1.54, 1.807) is 19.0 Å². The molecule has 0 spiro atoms. The van der Waals surface area contributed by atoms with Crippen molar-refractivity contribution in [1.82, 2.24) is 15.1 Å². The van der Waals surface area contributed by atoms with Gasteiger partial charge in [-0.15, -0.1) is 0 Å². The third-order valence-electron chi connectivity index (χ3n) is 3.11. The largest absolute Gasteiger partial charge is 0.348 e. The summed E-state index contributed by atoms with van der Waals surface area (Å²) in [5.74, 6) is 0.139. The Labute approximate surface area is 106 Å². The molecule has 0 heterocycles. The number of hydrogen-bond acceptors (Lipinski definition) is 3. The fraction of sp³-hybridized carbons (Fsp3) is 0.923. The van der Waals surface area contributed by atoms with Crippen molar-refractivity contribution in [3.05, 3.63) is 0 Å². The van der Waals surface area contributed by atoms with Crippen molar-refractivity contribution in [2.45, 2.75) is 39.7 Å². The van der Waals surface area contributed by atoms with Gasteiger partial charge in [0.15, 0.2) is 0 Å². The van der Waals surface area contributed by atoms with Crippen LogP contribution in [0.25, 0.3) is 0 Å². The van der Waals surface area contributed by atoms with Crippen LogP contribution in [0.2, 0.25) is 0 Å². The summed E-state index contributed by atoms with van der Waals surface area (Å²) in [6.07, 6.45) is 2.31. The van der Waals surface area contributed by atoms with Gasteiger partial charge >= 0.3 is 0 Å². The van der Waals surface area contributed by atoms with Crippen LogP contribution in [-0.2, 0) is 4.79 Å². The second-order valence-corrected chi connectivity index (χ2v) is 4.74. The molecular formula is C13H29N3O. The zero-order valence-electron chi connectivity index (χ0n) is 12.1. The van der Waals surface area contributed by atoms with Crippen LogP contribution in [-0.4, -0.2) is 62.0 Å². The van der Waals surface area contributed by atoms with E-state index >= 15 is 0 Å². The molecule has 4 nitrogen and oxygen atoms in total. The molecular weight excluding hydrogens is 214 g/mol. The van der Waals surface area contributed by atoms with Crippen LogP contribution in [0.1, 0.15) is 33.6 Å². The Morgan fingerprint density at radius 1 is 1.24 bits per heavy atom. The minimum atomic E-state index is 0.139. The normalized spacial score (nSPS) is 12.8. The summed E-state index contributed by atoms with van der Waals surface area (Å²) < 4.78 is 0. The van der Waals surface area contributed by atoms with Gasteiger partial charge in [-0.1, -0.05) is 13.8 Å². The van der Waals surface area contributed by atoms with Gasteiger partial charge < -0.3 is 15.1 Å². The Hall–Kier alpha value is -0.610. The first-order chi connectivity index (χ1) is 8.01. The topological polar surface area (TPSA) is 35.6 Å². The van der Waals surface area contributed by atoms with Gasteiger partial charge in [0, 0.05) is 20.1 Å². The molecule has 0 radical (unpaired) electrons. The number of hydrogen-bond donors (Lipinski definition) is 1. The minimum Gasteiger partial charge on any atom is -0.348 e. The molecule has 0 saturated carbocycles. The smallest absolute Gasteiger partial charge is 0.236 e. The maximum atomic E-state index is 11.4. The van der Waals surface area contributed by atoms with Crippen molar-refractivity contribution in [2.75, 3.05) is 40.3 Å². The molecule has 0 aliphatic rings. The van der Waals surface area contributed by atoms with Gasteiger partial charge in [0.05, 0.1) is 6.54 Å². The third kappa shape index (κ3) is 8.16. The van der Waals surface area contributed by atoms with E-state index in [-0.39, 0.29) is 5.91 Å². The Kier molecular flexibility index (Phi) is 9.09. The summed E-state index contributed by atoms with van der Waals surface area (Å²) in [7, 11) is 3.57. The molecule has 0 rings (SSSR count). The van der Waals surface area contributed by atoms with Crippen molar-refractivity contribution in [1.29, 1.82) is 0 Å². The van der Waals surface area contributed by atoms with Gasteiger partial charge in [-0.2, -0.15) is 0 Å². The first-order valence-corrected chi connectivity index (χ1v) is 6.67. The summed E-state index contributed by atoms with van der Waals surface area (Å²) in [5.41, 5.74) is 0. The highest BCUT2D eigenvalue weighted by Crippen LogP contribution is 1.99. The summed E-state index contributed by atoms with van der Waals surface area (Å²) in [4.78, 5) is 15.4. The zero-order valence-corrected chi connectivity index (χ0v) is 12.1. The van der Waals surface area contributed by atoms with Crippen LogP contribution >= 0.6 is 0 Å². The zero-order chi connectivity index (χ0) is 13.3. The van der Waals surface area contributed by atoms with Gasteiger partial charge in [-0.25, -0.2) is 0 Å². The molecule has 0 bridgehead atoms. The van der Waals surface area contributed by atoms with Crippen molar-refractivity contribution in [3.8, 4) is 0 Å². The average Bonchev–Trinajstić information content (AvgIpc) is 2.31. The van der Waals surface area contributed by atoms with E-state index in [1.165, 1.54) is 6.42 Å². The van der Waals surface area contributed by atoms with Crippen LogP contribution in [0.5, 0.6) is 0 Å². The molecule has 17 heavy (non-hydrogen) atoms. The van der Waals surface area contributed by atoms with Gasteiger partial charge in [0.1, 0.15) is 0 Å². The molecule has 0 fully saturated rings. The number of nitrogens with one attached hydrogen (secondary N) is 1. The first-order valence-electron chi connectivity index (χ1n) is 6.67. The third-order valence-corrected chi connectivity index (χ3v) is 3.11. The molecule has 0 aliphatic carbocycles. The molecule has 0 aromatic rings. The fourth-order valence-electron chi connectivity index (χ4n) is 1.68. The highest BCUT2D eigenvalue weighted by molar-refractivity contribution is 5.77. The Morgan fingerprint density at radius 3 is 2.29 bits per heavy atom. The van der Waals surface area contributed by atoms with Crippen LogP contribution in [0.3, 0.4) is 0 Å².